The Morgan fingerprint density at radius 2 is 1.92 bits per heavy atom. The number of ether oxygens (including phenoxy) is 1. The summed E-state index contributed by atoms with van der Waals surface area (Å²) < 4.78 is 5.32. The summed E-state index contributed by atoms with van der Waals surface area (Å²) in [6.07, 6.45) is 5.77. The van der Waals surface area contributed by atoms with Crippen molar-refractivity contribution in [1.82, 2.24) is 15.1 Å². The first-order chi connectivity index (χ1) is 17.6. The standard InChI is InChI=1S/C29H39N3O5/c1-28(2)13-12-23-29(20-28,27(36)37-3)18-22(26(35)32(23)19-21-9-5-4-6-10-21)17-24(33)30-14-8-16-31-15-7-11-25(31)34/h4-6,9-10,12,22H,7-8,11,13-20H2,1-3H3,(H,30,33)/t22-,29-/m1/s1. The van der Waals surface area contributed by atoms with Crippen LogP contribution >= 0.6 is 0 Å². The molecule has 37 heavy (non-hydrogen) atoms. The van der Waals surface area contributed by atoms with Gasteiger partial charge in [-0.3, -0.25) is 19.2 Å². The van der Waals surface area contributed by atoms with Gasteiger partial charge in [0.1, 0.15) is 5.41 Å². The summed E-state index contributed by atoms with van der Waals surface area (Å²) in [5.74, 6) is -1.16. The molecule has 3 amide bonds. The Kier molecular flexibility index (Phi) is 8.05. The maximum Gasteiger partial charge on any atom is 0.317 e. The van der Waals surface area contributed by atoms with Crippen molar-refractivity contribution in [2.45, 2.75) is 65.3 Å². The second-order valence-corrected chi connectivity index (χ2v) is 11.4. The zero-order valence-electron chi connectivity index (χ0n) is 22.3. The van der Waals surface area contributed by atoms with Crippen LogP contribution in [0, 0.1) is 16.7 Å². The molecule has 0 radical (unpaired) electrons. The molecule has 200 valence electrons. The molecular weight excluding hydrogens is 470 g/mol. The van der Waals surface area contributed by atoms with Crippen LogP contribution in [0.5, 0.6) is 0 Å². The summed E-state index contributed by atoms with van der Waals surface area (Å²) in [6.45, 7) is 6.43. The molecule has 8 nitrogen and oxygen atoms in total. The van der Waals surface area contributed by atoms with Gasteiger partial charge in [-0.15, -0.1) is 0 Å². The van der Waals surface area contributed by atoms with E-state index in [0.717, 1.165) is 24.9 Å². The Hall–Kier alpha value is -3.16. The van der Waals surface area contributed by atoms with Gasteiger partial charge in [0.05, 0.1) is 13.7 Å². The summed E-state index contributed by atoms with van der Waals surface area (Å²) in [4.78, 5) is 55.4. The van der Waals surface area contributed by atoms with Gasteiger partial charge in [-0.25, -0.2) is 0 Å². The third-order valence-electron chi connectivity index (χ3n) is 7.91. The fourth-order valence-electron chi connectivity index (χ4n) is 6.22. The highest BCUT2D eigenvalue weighted by Crippen LogP contribution is 2.55. The van der Waals surface area contributed by atoms with E-state index in [1.165, 1.54) is 7.11 Å². The van der Waals surface area contributed by atoms with Crippen molar-refractivity contribution in [3.05, 3.63) is 47.7 Å². The van der Waals surface area contributed by atoms with Gasteiger partial charge in [-0.05, 0) is 43.1 Å². The summed E-state index contributed by atoms with van der Waals surface area (Å²) >= 11 is 0. The number of methoxy groups -OCH3 is 1. The number of carbonyl (C=O) groups is 4. The third-order valence-corrected chi connectivity index (χ3v) is 7.91. The minimum atomic E-state index is -0.972. The molecular formula is C29H39N3O5. The van der Waals surface area contributed by atoms with Gasteiger partial charge in [0.25, 0.3) is 0 Å². The predicted octanol–water partition coefficient (Wildman–Crippen LogP) is 3.42. The number of hydrogen-bond donors (Lipinski definition) is 1. The first-order valence-electron chi connectivity index (χ1n) is 13.3. The van der Waals surface area contributed by atoms with E-state index in [0.29, 0.717) is 44.6 Å². The molecule has 0 saturated carbocycles. The minimum Gasteiger partial charge on any atom is -0.468 e. The highest BCUT2D eigenvalue weighted by Gasteiger charge is 2.57. The van der Waals surface area contributed by atoms with Crippen LogP contribution in [-0.2, 0) is 30.5 Å². The van der Waals surface area contributed by atoms with Gasteiger partial charge in [0.15, 0.2) is 0 Å². The minimum absolute atomic E-state index is 0.0131. The summed E-state index contributed by atoms with van der Waals surface area (Å²) in [7, 11) is 1.39. The van der Waals surface area contributed by atoms with Gasteiger partial charge in [0, 0.05) is 44.1 Å². The van der Waals surface area contributed by atoms with Crippen LogP contribution in [0.4, 0.5) is 0 Å². The lowest BCUT2D eigenvalue weighted by Gasteiger charge is -2.51. The largest absolute Gasteiger partial charge is 0.468 e. The molecule has 2 saturated heterocycles. The second-order valence-electron chi connectivity index (χ2n) is 11.4. The van der Waals surface area contributed by atoms with E-state index < -0.39 is 11.3 Å². The van der Waals surface area contributed by atoms with Crippen molar-refractivity contribution in [3.8, 4) is 0 Å². The quantitative estimate of drug-likeness (QED) is 0.407. The fraction of sp³-hybridized carbons (Fsp3) is 0.586. The molecule has 2 aliphatic heterocycles. The predicted molar refractivity (Wildman–Crippen MR) is 139 cm³/mol. The third kappa shape index (κ3) is 5.89. The molecule has 0 bridgehead atoms. The average molecular weight is 510 g/mol. The number of amides is 3. The number of nitrogens with one attached hydrogen (secondary N) is 1. The monoisotopic (exact) mass is 509 g/mol. The van der Waals surface area contributed by atoms with E-state index in [2.05, 4.69) is 19.2 Å². The number of piperidine rings is 1. The smallest absolute Gasteiger partial charge is 0.317 e. The van der Waals surface area contributed by atoms with Crippen LogP contribution in [-0.4, -0.2) is 60.2 Å². The maximum absolute atomic E-state index is 13.8. The van der Waals surface area contributed by atoms with Crippen molar-refractivity contribution in [2.75, 3.05) is 26.7 Å². The molecule has 0 unspecified atom stereocenters. The van der Waals surface area contributed by atoms with Crippen molar-refractivity contribution in [2.24, 2.45) is 16.7 Å². The van der Waals surface area contributed by atoms with E-state index in [-0.39, 0.29) is 41.9 Å². The number of benzene rings is 1. The van der Waals surface area contributed by atoms with Crippen molar-refractivity contribution in [3.63, 3.8) is 0 Å². The Labute approximate surface area is 219 Å². The van der Waals surface area contributed by atoms with Crippen molar-refractivity contribution < 1.29 is 23.9 Å². The van der Waals surface area contributed by atoms with Gasteiger partial charge in [-0.1, -0.05) is 50.3 Å². The lowest BCUT2D eigenvalue weighted by atomic mass is 9.59. The van der Waals surface area contributed by atoms with Crippen LogP contribution in [0.2, 0.25) is 0 Å². The first kappa shape index (κ1) is 26.9. The zero-order valence-corrected chi connectivity index (χ0v) is 22.3. The number of hydrogen-bond acceptors (Lipinski definition) is 5. The number of likely N-dealkylation sites (tertiary alicyclic amines) is 2. The van der Waals surface area contributed by atoms with Gasteiger partial charge >= 0.3 is 5.97 Å². The maximum atomic E-state index is 13.8. The number of nitrogens with zero attached hydrogens (tertiary/aromatic N) is 2. The normalized spacial score (nSPS) is 24.9. The molecule has 1 aromatic rings. The van der Waals surface area contributed by atoms with Crippen LogP contribution in [0.25, 0.3) is 0 Å². The number of allylic oxidation sites excluding steroid dienone is 1. The molecule has 4 rings (SSSR count). The number of rotatable bonds is 9. The van der Waals surface area contributed by atoms with E-state index in [9.17, 15) is 19.2 Å². The summed E-state index contributed by atoms with van der Waals surface area (Å²) in [6, 6.07) is 9.70. The van der Waals surface area contributed by atoms with Crippen LogP contribution in [0.3, 0.4) is 0 Å². The zero-order chi connectivity index (χ0) is 26.6. The van der Waals surface area contributed by atoms with E-state index in [1.807, 2.05) is 41.3 Å². The van der Waals surface area contributed by atoms with Crippen molar-refractivity contribution >= 4 is 23.7 Å². The molecule has 1 N–H and O–H groups in total. The fourth-order valence-corrected chi connectivity index (χ4v) is 6.22. The Bertz CT molecular complexity index is 1070. The molecule has 2 heterocycles. The lowest BCUT2D eigenvalue weighted by Crippen LogP contribution is -2.55. The van der Waals surface area contributed by atoms with Crippen LogP contribution < -0.4 is 5.32 Å². The van der Waals surface area contributed by atoms with E-state index >= 15 is 0 Å². The average Bonchev–Trinajstić information content (AvgIpc) is 3.28. The topological polar surface area (TPSA) is 96.0 Å². The molecule has 2 fully saturated rings. The van der Waals surface area contributed by atoms with E-state index in [4.69, 9.17) is 4.74 Å². The molecule has 8 heteroatoms. The first-order valence-corrected chi connectivity index (χ1v) is 13.3. The highest BCUT2D eigenvalue weighted by atomic mass is 16.5. The number of esters is 1. The SMILES string of the molecule is COC(=O)[C@@]12C[C@@H](CC(=O)NCCCN3CCCC3=O)C(=O)N(Cc3ccccc3)C1=CCC(C)(C)C2. The molecule has 2 atom stereocenters. The molecule has 0 aromatic heterocycles. The molecule has 1 aliphatic carbocycles. The Balaban J connectivity index is 1.51. The summed E-state index contributed by atoms with van der Waals surface area (Å²) in [5, 5.41) is 2.92. The van der Waals surface area contributed by atoms with Crippen molar-refractivity contribution in [1.29, 1.82) is 0 Å². The van der Waals surface area contributed by atoms with Gasteiger partial charge < -0.3 is 19.9 Å². The number of fused-ring (bicyclic) bond motifs is 1. The number of carbonyl (C=O) groups excluding carboxylic acids is 4. The van der Waals surface area contributed by atoms with Crippen LogP contribution in [0.1, 0.15) is 64.4 Å². The van der Waals surface area contributed by atoms with Gasteiger partial charge in [-0.2, -0.15) is 0 Å². The summed E-state index contributed by atoms with van der Waals surface area (Å²) in [5.41, 5.74) is 0.553. The van der Waals surface area contributed by atoms with Gasteiger partial charge in [0.2, 0.25) is 17.7 Å². The molecule has 1 aromatic carbocycles. The van der Waals surface area contributed by atoms with Crippen LogP contribution in [0.15, 0.2) is 42.1 Å². The second kappa shape index (κ2) is 11.1. The molecule has 3 aliphatic rings. The Morgan fingerprint density at radius 3 is 2.59 bits per heavy atom. The van der Waals surface area contributed by atoms with E-state index in [1.54, 1.807) is 4.90 Å². The highest BCUT2D eigenvalue weighted by molar-refractivity contribution is 5.92. The Morgan fingerprint density at radius 1 is 1.16 bits per heavy atom. The molecule has 0 spiro atoms. The lowest BCUT2D eigenvalue weighted by molar-refractivity contribution is -0.162.